The number of methoxy groups -OCH3 is 1. The molecule has 5 heteroatoms. The first-order valence-electron chi connectivity index (χ1n) is 12.1. The minimum absolute atomic E-state index is 0.257. The Bertz CT molecular complexity index is 1100. The molecular weight excluding hydrogens is 412 g/mol. The van der Waals surface area contributed by atoms with Gasteiger partial charge in [0, 0.05) is 5.56 Å². The van der Waals surface area contributed by atoms with Gasteiger partial charge in [-0.2, -0.15) is 0 Å². The highest BCUT2D eigenvalue weighted by Gasteiger charge is 2.51. The van der Waals surface area contributed by atoms with E-state index in [2.05, 4.69) is 17.4 Å². The molecule has 2 aromatic carbocycles. The van der Waals surface area contributed by atoms with Gasteiger partial charge in [-0.15, -0.1) is 0 Å². The molecule has 2 aromatic rings. The zero-order valence-electron chi connectivity index (χ0n) is 19.0. The van der Waals surface area contributed by atoms with Crippen LogP contribution in [0.5, 0.6) is 5.75 Å². The number of imide groups is 1. The second kappa shape index (κ2) is 7.75. The number of nitrogens with zero attached hydrogens (tertiary/aromatic N) is 1. The SMILES string of the molecule is COc1ccc(C23CC4CC(CC(C4)C2)C3)cc1/C=C1/NC(=O)N(Cc2ccccc2)C1=O. The van der Waals surface area contributed by atoms with Gasteiger partial charge in [0.15, 0.2) is 0 Å². The van der Waals surface area contributed by atoms with E-state index in [0.29, 0.717) is 5.70 Å². The summed E-state index contributed by atoms with van der Waals surface area (Å²) in [7, 11) is 1.65. The van der Waals surface area contributed by atoms with Crippen molar-refractivity contribution in [3.8, 4) is 5.75 Å². The standard InChI is InChI=1S/C28H30N2O3/c1-33-25-8-7-23(28-14-19-9-20(15-28)11-21(10-19)16-28)12-22(25)13-24-26(31)30(27(32)29-24)17-18-5-3-2-4-6-18/h2-8,12-13,19-21H,9-11,14-17H2,1H3,(H,29,32)/b24-13+. The molecule has 4 bridgehead atoms. The summed E-state index contributed by atoms with van der Waals surface area (Å²) in [6.45, 7) is 0.257. The maximum absolute atomic E-state index is 13.1. The van der Waals surface area contributed by atoms with Crippen LogP contribution < -0.4 is 10.1 Å². The van der Waals surface area contributed by atoms with E-state index in [0.717, 1.165) is 34.6 Å². The van der Waals surface area contributed by atoms with Crippen LogP contribution in [0.15, 0.2) is 54.2 Å². The third-order valence-electron chi connectivity index (χ3n) is 8.33. The highest BCUT2D eigenvalue weighted by atomic mass is 16.5. The van der Waals surface area contributed by atoms with E-state index < -0.39 is 0 Å². The van der Waals surface area contributed by atoms with Crippen LogP contribution in [-0.4, -0.2) is 23.9 Å². The molecule has 33 heavy (non-hydrogen) atoms. The first-order valence-corrected chi connectivity index (χ1v) is 12.1. The average molecular weight is 443 g/mol. The number of rotatable bonds is 5. The van der Waals surface area contributed by atoms with Gasteiger partial charge in [-0.25, -0.2) is 4.79 Å². The number of carbonyl (C=O) groups is 2. The Hall–Kier alpha value is -3.08. The number of hydrogen-bond donors (Lipinski definition) is 1. The van der Waals surface area contributed by atoms with E-state index in [1.807, 2.05) is 36.4 Å². The highest BCUT2D eigenvalue weighted by Crippen LogP contribution is 2.60. The van der Waals surface area contributed by atoms with Crippen molar-refractivity contribution in [1.82, 2.24) is 10.2 Å². The number of nitrogens with one attached hydrogen (secondary N) is 1. The number of urea groups is 1. The number of ether oxygens (including phenoxy) is 1. The molecule has 1 saturated heterocycles. The fourth-order valence-corrected chi connectivity index (χ4v) is 7.28. The van der Waals surface area contributed by atoms with Gasteiger partial charge in [0.2, 0.25) is 0 Å². The first kappa shape index (κ1) is 20.5. The molecule has 1 heterocycles. The molecule has 4 aliphatic carbocycles. The van der Waals surface area contributed by atoms with Crippen molar-refractivity contribution in [3.63, 3.8) is 0 Å². The summed E-state index contributed by atoms with van der Waals surface area (Å²) in [5.41, 5.74) is 3.71. The number of hydrogen-bond acceptors (Lipinski definition) is 3. The largest absolute Gasteiger partial charge is 0.496 e. The van der Waals surface area contributed by atoms with E-state index in [1.54, 1.807) is 13.2 Å². The predicted octanol–water partition coefficient (Wildman–Crippen LogP) is 5.26. The van der Waals surface area contributed by atoms with E-state index >= 15 is 0 Å². The Morgan fingerprint density at radius 3 is 2.30 bits per heavy atom. The summed E-state index contributed by atoms with van der Waals surface area (Å²) in [4.78, 5) is 26.9. The van der Waals surface area contributed by atoms with E-state index in [1.165, 1.54) is 49.0 Å². The van der Waals surface area contributed by atoms with E-state index in [9.17, 15) is 9.59 Å². The Labute approximate surface area is 194 Å². The van der Waals surface area contributed by atoms with E-state index in [4.69, 9.17) is 4.74 Å². The Morgan fingerprint density at radius 1 is 1.00 bits per heavy atom. The Balaban J connectivity index is 1.31. The summed E-state index contributed by atoms with van der Waals surface area (Å²) in [6, 6.07) is 15.7. The monoisotopic (exact) mass is 442 g/mol. The summed E-state index contributed by atoms with van der Waals surface area (Å²) in [6.07, 6.45) is 9.85. The highest BCUT2D eigenvalue weighted by molar-refractivity contribution is 6.14. The van der Waals surface area contributed by atoms with Crippen molar-refractivity contribution in [2.45, 2.75) is 50.5 Å². The molecule has 5 fully saturated rings. The topological polar surface area (TPSA) is 58.6 Å². The lowest BCUT2D eigenvalue weighted by Gasteiger charge is -2.57. The van der Waals surface area contributed by atoms with Gasteiger partial charge in [-0.3, -0.25) is 9.69 Å². The smallest absolute Gasteiger partial charge is 0.329 e. The molecule has 1 N–H and O–H groups in total. The number of carbonyl (C=O) groups excluding carboxylic acids is 2. The molecule has 7 rings (SSSR count). The number of benzene rings is 2. The Morgan fingerprint density at radius 2 is 1.67 bits per heavy atom. The van der Waals surface area contributed by atoms with Gasteiger partial charge in [0.1, 0.15) is 11.4 Å². The lowest BCUT2D eigenvalue weighted by Crippen LogP contribution is -2.48. The van der Waals surface area contributed by atoms with Gasteiger partial charge in [-0.1, -0.05) is 36.4 Å². The van der Waals surface area contributed by atoms with Gasteiger partial charge in [-0.05, 0) is 91.0 Å². The van der Waals surface area contributed by atoms with Crippen LogP contribution in [0.3, 0.4) is 0 Å². The van der Waals surface area contributed by atoms with Crippen LogP contribution in [0.25, 0.3) is 6.08 Å². The van der Waals surface area contributed by atoms with Gasteiger partial charge < -0.3 is 10.1 Å². The fourth-order valence-electron chi connectivity index (χ4n) is 7.28. The third-order valence-corrected chi connectivity index (χ3v) is 8.33. The first-order chi connectivity index (χ1) is 16.0. The molecule has 3 amide bonds. The normalized spacial score (nSPS) is 31.4. The van der Waals surface area contributed by atoms with Crippen LogP contribution >= 0.6 is 0 Å². The number of amides is 3. The van der Waals surface area contributed by atoms with Crippen molar-refractivity contribution >= 4 is 18.0 Å². The minimum atomic E-state index is -0.383. The van der Waals surface area contributed by atoms with Crippen molar-refractivity contribution in [2.24, 2.45) is 17.8 Å². The quantitative estimate of drug-likeness (QED) is 0.508. The molecule has 0 radical (unpaired) electrons. The lowest BCUT2D eigenvalue weighted by molar-refractivity contribution is -0.123. The van der Waals surface area contributed by atoms with Gasteiger partial charge >= 0.3 is 6.03 Å². The summed E-state index contributed by atoms with van der Waals surface area (Å²) in [5, 5.41) is 2.77. The zero-order chi connectivity index (χ0) is 22.6. The Kier molecular flexibility index (Phi) is 4.82. The van der Waals surface area contributed by atoms with Crippen molar-refractivity contribution in [3.05, 3.63) is 70.9 Å². The minimum Gasteiger partial charge on any atom is -0.496 e. The van der Waals surface area contributed by atoms with Crippen molar-refractivity contribution in [2.75, 3.05) is 7.11 Å². The average Bonchev–Trinajstić information content (AvgIpc) is 3.06. The van der Waals surface area contributed by atoms with Crippen LogP contribution in [0.4, 0.5) is 4.79 Å². The molecule has 0 unspecified atom stereocenters. The van der Waals surface area contributed by atoms with Crippen molar-refractivity contribution < 1.29 is 14.3 Å². The molecule has 0 aromatic heterocycles. The second-order valence-corrected chi connectivity index (χ2v) is 10.5. The van der Waals surface area contributed by atoms with E-state index in [-0.39, 0.29) is 23.9 Å². The summed E-state index contributed by atoms with van der Waals surface area (Å²) in [5.74, 6) is 3.01. The fraction of sp³-hybridized carbons (Fsp3) is 0.429. The van der Waals surface area contributed by atoms with Gasteiger partial charge in [0.05, 0.1) is 13.7 Å². The maximum Gasteiger partial charge on any atom is 0.329 e. The molecule has 0 atom stereocenters. The van der Waals surface area contributed by atoms with Gasteiger partial charge in [0.25, 0.3) is 5.91 Å². The van der Waals surface area contributed by atoms with Crippen LogP contribution in [0.1, 0.15) is 55.2 Å². The lowest BCUT2D eigenvalue weighted by atomic mass is 9.48. The zero-order valence-corrected chi connectivity index (χ0v) is 19.0. The predicted molar refractivity (Wildman–Crippen MR) is 126 cm³/mol. The molecule has 1 aliphatic heterocycles. The maximum atomic E-state index is 13.1. The van der Waals surface area contributed by atoms with Crippen LogP contribution in [0.2, 0.25) is 0 Å². The van der Waals surface area contributed by atoms with Crippen molar-refractivity contribution in [1.29, 1.82) is 0 Å². The molecule has 5 aliphatic rings. The molecule has 5 nitrogen and oxygen atoms in total. The second-order valence-electron chi connectivity index (χ2n) is 10.5. The molecule has 0 spiro atoms. The summed E-state index contributed by atoms with van der Waals surface area (Å²) < 4.78 is 5.63. The molecule has 170 valence electrons. The van der Waals surface area contributed by atoms with Crippen LogP contribution in [-0.2, 0) is 16.8 Å². The van der Waals surface area contributed by atoms with Crippen LogP contribution in [0, 0.1) is 17.8 Å². The summed E-state index contributed by atoms with van der Waals surface area (Å²) >= 11 is 0. The molecule has 4 saturated carbocycles. The molecular formula is C28H30N2O3. The third kappa shape index (κ3) is 3.54.